The lowest BCUT2D eigenvalue weighted by molar-refractivity contribution is -0.182. The van der Waals surface area contributed by atoms with Crippen molar-refractivity contribution < 1.29 is 41.0 Å². The summed E-state index contributed by atoms with van der Waals surface area (Å²) in [6.07, 6.45) is -7.51. The maximum Gasteiger partial charge on any atom is 0.417 e. The lowest BCUT2D eigenvalue weighted by Gasteiger charge is -2.22. The van der Waals surface area contributed by atoms with Gasteiger partial charge in [-0.3, -0.25) is 9.59 Å². The number of amides is 2. The minimum Gasteiger partial charge on any atom is -0.389 e. The summed E-state index contributed by atoms with van der Waals surface area (Å²) in [7, 11) is 0. The van der Waals surface area contributed by atoms with Crippen LogP contribution in [0.25, 0.3) is 10.4 Å². The van der Waals surface area contributed by atoms with Crippen LogP contribution in [-0.2, 0) is 6.18 Å². The average Bonchev–Trinajstić information content (AvgIpc) is 3.34. The van der Waals surface area contributed by atoms with E-state index in [9.17, 15) is 41.0 Å². The predicted molar refractivity (Wildman–Crippen MR) is 135 cm³/mol. The summed E-state index contributed by atoms with van der Waals surface area (Å²) >= 11 is 0.565. The zero-order chi connectivity index (χ0) is 29.7. The quantitative estimate of drug-likeness (QED) is 0.368. The van der Waals surface area contributed by atoms with Crippen molar-refractivity contribution in [3.05, 3.63) is 28.5 Å². The number of nitrogens with one attached hydrogen (secondary N) is 2. The second kappa shape index (κ2) is 10.5. The summed E-state index contributed by atoms with van der Waals surface area (Å²) in [4.78, 5) is 35.5. The van der Waals surface area contributed by atoms with Gasteiger partial charge in [0.2, 0.25) is 0 Å². The third-order valence-electron chi connectivity index (χ3n) is 7.04. The Labute approximate surface area is 230 Å². The van der Waals surface area contributed by atoms with Gasteiger partial charge in [0.15, 0.2) is 5.01 Å². The number of aliphatic hydroxyl groups is 1. The molecule has 2 aromatic heterocycles. The predicted octanol–water partition coefficient (Wildman–Crippen LogP) is 5.10. The number of carbonyl (C=O) groups excluding carboxylic acids is 2. The molecule has 220 valence electrons. The Morgan fingerprint density at radius 1 is 1.20 bits per heavy atom. The van der Waals surface area contributed by atoms with Gasteiger partial charge in [-0.25, -0.2) is 9.97 Å². The van der Waals surface area contributed by atoms with Crippen LogP contribution in [0.2, 0.25) is 0 Å². The molecular formula is C25H29F6N5O3S. The van der Waals surface area contributed by atoms with Crippen molar-refractivity contribution in [2.75, 3.05) is 25.0 Å². The fourth-order valence-corrected chi connectivity index (χ4v) is 5.42. The van der Waals surface area contributed by atoms with Crippen molar-refractivity contribution in [3.8, 4) is 10.4 Å². The molecule has 0 bridgehead atoms. The van der Waals surface area contributed by atoms with Crippen LogP contribution in [0.3, 0.4) is 0 Å². The maximum atomic E-state index is 14.2. The van der Waals surface area contributed by atoms with Crippen molar-refractivity contribution in [3.63, 3.8) is 0 Å². The van der Waals surface area contributed by atoms with E-state index in [2.05, 4.69) is 20.6 Å². The van der Waals surface area contributed by atoms with Crippen LogP contribution in [0.4, 0.5) is 32.2 Å². The molecule has 1 aliphatic heterocycles. The minimum atomic E-state index is -4.97. The normalized spacial score (nSPS) is 19.1. The van der Waals surface area contributed by atoms with Crippen LogP contribution in [0, 0.1) is 5.41 Å². The van der Waals surface area contributed by atoms with Crippen LogP contribution in [-0.4, -0.2) is 69.2 Å². The molecule has 1 saturated heterocycles. The van der Waals surface area contributed by atoms with Gasteiger partial charge in [0.1, 0.15) is 11.5 Å². The molecule has 2 amide bonds. The largest absolute Gasteiger partial charge is 0.417 e. The first-order valence-corrected chi connectivity index (χ1v) is 13.4. The highest BCUT2D eigenvalue weighted by atomic mass is 32.1. The Morgan fingerprint density at radius 3 is 2.40 bits per heavy atom. The number of halogens is 6. The Bertz CT molecular complexity index is 1280. The molecular weight excluding hydrogens is 564 g/mol. The average molecular weight is 594 g/mol. The molecule has 2 aliphatic rings. The van der Waals surface area contributed by atoms with Crippen molar-refractivity contribution in [2.45, 2.75) is 70.4 Å². The van der Waals surface area contributed by atoms with Gasteiger partial charge in [-0.05, 0) is 52.5 Å². The number of anilines is 1. The second-order valence-corrected chi connectivity index (χ2v) is 11.9. The zero-order valence-electron chi connectivity index (χ0n) is 22.0. The van der Waals surface area contributed by atoms with Gasteiger partial charge in [-0.1, -0.05) is 0 Å². The molecule has 1 aliphatic carbocycles. The third kappa shape index (κ3) is 6.35. The highest BCUT2D eigenvalue weighted by Crippen LogP contribution is 2.57. The molecule has 3 N–H and O–H groups in total. The molecule has 0 spiro atoms. The van der Waals surface area contributed by atoms with E-state index in [0.717, 1.165) is 6.20 Å². The summed E-state index contributed by atoms with van der Waals surface area (Å²) in [6.45, 7) is 4.25. The first kappa shape index (κ1) is 30.0. The fraction of sp³-hybridized carbons (Fsp3) is 0.600. The number of pyridine rings is 1. The summed E-state index contributed by atoms with van der Waals surface area (Å²) in [5, 5.41) is 14.5. The van der Waals surface area contributed by atoms with E-state index in [1.54, 1.807) is 6.92 Å². The summed E-state index contributed by atoms with van der Waals surface area (Å²) < 4.78 is 82.6. The summed E-state index contributed by atoms with van der Waals surface area (Å²) in [5.74, 6) is -1.84. The van der Waals surface area contributed by atoms with Crippen molar-refractivity contribution >= 4 is 29.0 Å². The molecule has 1 unspecified atom stereocenters. The van der Waals surface area contributed by atoms with Crippen molar-refractivity contribution in [2.24, 2.45) is 5.41 Å². The standard InChI is InChI=1S/C25H29F6N5O3S/c1-13-5-4-8-36(13)21(38)17-18(40-20(35-17)19(37)34-11-22(2,3)39)14-10-32-16(9-15(14)24(26,27)28)33-12-23(6-7-23)25(29,30)31/h9-10,13,39H,4-8,11-12H2,1-3H3,(H,32,33)(H,34,37). The Kier molecular flexibility index (Phi) is 7.86. The first-order chi connectivity index (χ1) is 18.4. The van der Waals surface area contributed by atoms with Crippen molar-refractivity contribution in [1.29, 1.82) is 0 Å². The monoisotopic (exact) mass is 593 g/mol. The van der Waals surface area contributed by atoms with E-state index in [1.807, 2.05) is 0 Å². The van der Waals surface area contributed by atoms with Crippen LogP contribution in [0.15, 0.2) is 12.3 Å². The lowest BCUT2D eigenvalue weighted by Crippen LogP contribution is -2.38. The number of hydrogen-bond acceptors (Lipinski definition) is 7. The summed E-state index contributed by atoms with van der Waals surface area (Å²) in [6, 6.07) is 0.409. The Morgan fingerprint density at radius 2 is 1.88 bits per heavy atom. The Balaban J connectivity index is 1.73. The SMILES string of the molecule is CC1CCCN1C(=O)c1nc(C(=O)NCC(C)(C)O)sc1-c1cnc(NCC2(C(F)(F)F)CC2)cc1C(F)(F)F. The van der Waals surface area contributed by atoms with Crippen LogP contribution in [0.1, 0.15) is 72.3 Å². The van der Waals surface area contributed by atoms with E-state index in [4.69, 9.17) is 0 Å². The topological polar surface area (TPSA) is 107 Å². The number of aromatic nitrogens is 2. The van der Waals surface area contributed by atoms with Gasteiger partial charge in [0.05, 0.1) is 21.5 Å². The van der Waals surface area contributed by atoms with Gasteiger partial charge in [0.25, 0.3) is 11.8 Å². The number of rotatable bonds is 8. The van der Waals surface area contributed by atoms with Gasteiger partial charge >= 0.3 is 12.4 Å². The molecule has 1 saturated carbocycles. The van der Waals surface area contributed by atoms with Gasteiger partial charge in [-0.2, -0.15) is 26.3 Å². The molecule has 8 nitrogen and oxygen atoms in total. The highest BCUT2D eigenvalue weighted by molar-refractivity contribution is 7.17. The minimum absolute atomic E-state index is 0.132. The van der Waals surface area contributed by atoms with Crippen molar-refractivity contribution in [1.82, 2.24) is 20.2 Å². The molecule has 0 radical (unpaired) electrons. The number of alkyl halides is 6. The van der Waals surface area contributed by atoms with Crippen LogP contribution >= 0.6 is 11.3 Å². The van der Waals surface area contributed by atoms with Crippen LogP contribution < -0.4 is 10.6 Å². The number of carbonyl (C=O) groups is 2. The second-order valence-electron chi connectivity index (χ2n) is 10.9. The summed E-state index contributed by atoms with van der Waals surface area (Å²) in [5.41, 5.74) is -5.39. The molecule has 0 aromatic carbocycles. The maximum absolute atomic E-state index is 14.2. The highest BCUT2D eigenvalue weighted by Gasteiger charge is 2.63. The van der Waals surface area contributed by atoms with Gasteiger partial charge in [-0.15, -0.1) is 11.3 Å². The molecule has 2 fully saturated rings. The number of hydrogen-bond donors (Lipinski definition) is 3. The van der Waals surface area contributed by atoms with E-state index < -0.39 is 58.7 Å². The molecule has 3 heterocycles. The fourth-order valence-electron chi connectivity index (χ4n) is 4.43. The molecule has 40 heavy (non-hydrogen) atoms. The number of thiazole rings is 1. The zero-order valence-corrected chi connectivity index (χ0v) is 22.8. The molecule has 15 heteroatoms. The number of likely N-dealkylation sites (tertiary alicyclic amines) is 1. The smallest absolute Gasteiger partial charge is 0.389 e. The number of nitrogens with zero attached hydrogens (tertiary/aromatic N) is 3. The molecule has 2 aromatic rings. The molecule has 1 atom stereocenters. The van der Waals surface area contributed by atoms with E-state index in [1.165, 1.54) is 18.7 Å². The van der Waals surface area contributed by atoms with Crippen LogP contribution in [0.5, 0.6) is 0 Å². The van der Waals surface area contributed by atoms with Gasteiger partial charge in [0, 0.05) is 37.4 Å². The Hall–Kier alpha value is -2.94. The van der Waals surface area contributed by atoms with E-state index in [-0.39, 0.29) is 41.0 Å². The molecule has 4 rings (SSSR count). The van der Waals surface area contributed by atoms with E-state index in [0.29, 0.717) is 36.8 Å². The van der Waals surface area contributed by atoms with E-state index >= 15 is 0 Å². The lowest BCUT2D eigenvalue weighted by atomic mass is 10.1. The van der Waals surface area contributed by atoms with Gasteiger partial charge < -0.3 is 20.6 Å². The third-order valence-corrected chi connectivity index (χ3v) is 8.12. The first-order valence-electron chi connectivity index (χ1n) is 12.6.